The molecule has 0 aliphatic heterocycles. The van der Waals surface area contributed by atoms with Crippen LogP contribution in [0, 0.1) is 0 Å². The van der Waals surface area contributed by atoms with Gasteiger partial charge in [-0.1, -0.05) is 6.92 Å². The Morgan fingerprint density at radius 1 is 1.09 bits per heavy atom. The highest BCUT2D eigenvalue weighted by molar-refractivity contribution is 7.54. The van der Waals surface area contributed by atoms with Crippen LogP contribution in [0.3, 0.4) is 0 Å². The van der Waals surface area contributed by atoms with Gasteiger partial charge in [-0.2, -0.15) is 5.06 Å². The minimum Gasteiger partial charge on any atom is -0.547 e. The number of aliphatic carboxylic acids is 1. The molecule has 0 heterocycles. The van der Waals surface area contributed by atoms with E-state index in [0.29, 0.717) is 6.42 Å². The van der Waals surface area contributed by atoms with Gasteiger partial charge >= 0.3 is 7.60 Å². The van der Waals surface area contributed by atoms with Gasteiger partial charge in [0.1, 0.15) is 11.4 Å². The van der Waals surface area contributed by atoms with E-state index in [1.54, 1.807) is 13.8 Å². The molecule has 0 spiro atoms. The van der Waals surface area contributed by atoms with Crippen LogP contribution in [0.25, 0.3) is 0 Å². The highest BCUT2D eigenvalue weighted by Gasteiger charge is 2.45. The summed E-state index contributed by atoms with van der Waals surface area (Å²) in [5.74, 6) is -2.09. The molecule has 0 aliphatic rings. The maximum absolute atomic E-state index is 13.2. The van der Waals surface area contributed by atoms with Crippen LogP contribution in [0.5, 0.6) is 0 Å². The van der Waals surface area contributed by atoms with Crippen LogP contribution in [-0.2, 0) is 23.2 Å². The van der Waals surface area contributed by atoms with Gasteiger partial charge < -0.3 is 18.9 Å². The Kier molecular flexibility index (Phi) is 8.41. The molecule has 0 aromatic rings. The zero-order valence-electron chi connectivity index (χ0n) is 15.5. The Morgan fingerprint density at radius 3 is 1.78 bits per heavy atom. The summed E-state index contributed by atoms with van der Waals surface area (Å²) in [5, 5.41) is 12.7. The average molecular weight is 352 g/mol. The number of carbonyl (C=O) groups excluding carboxylic acids is 1. The molecule has 0 saturated carbocycles. The fourth-order valence-electron chi connectivity index (χ4n) is 2.02. The molecule has 0 radical (unpaired) electrons. The van der Waals surface area contributed by atoms with E-state index in [2.05, 4.69) is 0 Å². The summed E-state index contributed by atoms with van der Waals surface area (Å²) in [6.45, 7) is 14.0. The normalized spacial score (nSPS) is 15.0. The second-order valence-corrected chi connectivity index (χ2v) is 8.84. The molecule has 0 rings (SSSR count). The van der Waals surface area contributed by atoms with Crippen molar-refractivity contribution in [3.63, 3.8) is 0 Å². The van der Waals surface area contributed by atoms with Gasteiger partial charge in [0.25, 0.3) is 0 Å². The van der Waals surface area contributed by atoms with Crippen molar-refractivity contribution in [3.05, 3.63) is 0 Å². The highest BCUT2D eigenvalue weighted by Crippen LogP contribution is 2.56. The van der Waals surface area contributed by atoms with Crippen LogP contribution in [0.1, 0.15) is 61.8 Å². The standard InChI is InChI=1S/C15H32NO6P/c1-9-12(23(19,20-10-2)21-11-3)16(14(4,5)6)22-15(7,8)13(17)18/h12H,9-11H2,1-8H3,(H,17,18)/p-1. The van der Waals surface area contributed by atoms with Crippen LogP contribution in [-0.4, -0.2) is 41.2 Å². The van der Waals surface area contributed by atoms with Crippen molar-refractivity contribution in [1.29, 1.82) is 0 Å². The molecule has 0 aromatic carbocycles. The average Bonchev–Trinajstić information content (AvgIpc) is 2.37. The van der Waals surface area contributed by atoms with Crippen LogP contribution < -0.4 is 5.11 Å². The van der Waals surface area contributed by atoms with Gasteiger partial charge in [-0.15, -0.1) is 0 Å². The Morgan fingerprint density at radius 2 is 1.52 bits per heavy atom. The van der Waals surface area contributed by atoms with E-state index in [4.69, 9.17) is 13.9 Å². The summed E-state index contributed by atoms with van der Waals surface area (Å²) in [4.78, 5) is 17.0. The van der Waals surface area contributed by atoms with Gasteiger partial charge in [-0.25, -0.2) is 0 Å². The van der Waals surface area contributed by atoms with Crippen molar-refractivity contribution in [3.8, 4) is 0 Å². The fourth-order valence-corrected chi connectivity index (χ4v) is 4.25. The number of hydrogen-bond acceptors (Lipinski definition) is 7. The zero-order chi connectivity index (χ0) is 18.5. The Bertz CT molecular complexity index is 422. The minimum atomic E-state index is -3.51. The van der Waals surface area contributed by atoms with Gasteiger partial charge in [0.05, 0.1) is 19.2 Å². The summed E-state index contributed by atoms with van der Waals surface area (Å²) >= 11 is 0. The largest absolute Gasteiger partial charge is 0.547 e. The third kappa shape index (κ3) is 6.16. The summed E-state index contributed by atoms with van der Waals surface area (Å²) in [6, 6.07) is 0. The lowest BCUT2D eigenvalue weighted by molar-refractivity contribution is -0.353. The number of nitrogens with zero attached hydrogens (tertiary/aromatic N) is 1. The molecule has 8 heteroatoms. The molecule has 138 valence electrons. The first-order chi connectivity index (χ1) is 10.4. The first-order valence-electron chi connectivity index (χ1n) is 7.94. The van der Waals surface area contributed by atoms with E-state index in [1.165, 1.54) is 18.9 Å². The van der Waals surface area contributed by atoms with Crippen LogP contribution in [0.15, 0.2) is 0 Å². The highest BCUT2D eigenvalue weighted by atomic mass is 31.2. The second kappa shape index (κ2) is 8.58. The lowest BCUT2D eigenvalue weighted by Crippen LogP contribution is -2.56. The first kappa shape index (κ1) is 22.5. The van der Waals surface area contributed by atoms with E-state index >= 15 is 0 Å². The van der Waals surface area contributed by atoms with Crippen molar-refractivity contribution < 1.29 is 28.4 Å². The Hall–Kier alpha value is -0.460. The van der Waals surface area contributed by atoms with Crippen molar-refractivity contribution in [2.24, 2.45) is 0 Å². The smallest absolute Gasteiger partial charge is 0.350 e. The van der Waals surface area contributed by atoms with Gasteiger partial charge in [-0.05, 0) is 54.9 Å². The van der Waals surface area contributed by atoms with Gasteiger partial charge in [0.15, 0.2) is 0 Å². The van der Waals surface area contributed by atoms with Crippen LogP contribution >= 0.6 is 7.60 Å². The summed E-state index contributed by atoms with van der Waals surface area (Å²) in [7, 11) is -3.51. The minimum absolute atomic E-state index is 0.218. The fraction of sp³-hybridized carbons (Fsp3) is 0.933. The molecule has 0 amide bonds. The monoisotopic (exact) mass is 352 g/mol. The lowest BCUT2D eigenvalue weighted by Gasteiger charge is -2.45. The molecule has 0 aliphatic carbocycles. The topological polar surface area (TPSA) is 88.1 Å². The Balaban J connectivity index is 5.83. The maximum atomic E-state index is 13.2. The summed E-state index contributed by atoms with van der Waals surface area (Å²) in [5.41, 5.74) is -2.21. The zero-order valence-corrected chi connectivity index (χ0v) is 16.4. The molecule has 1 atom stereocenters. The van der Waals surface area contributed by atoms with E-state index < -0.39 is 30.5 Å². The van der Waals surface area contributed by atoms with Gasteiger partial charge in [0.2, 0.25) is 0 Å². The number of carbonyl (C=O) groups is 1. The van der Waals surface area contributed by atoms with Crippen molar-refractivity contribution >= 4 is 13.6 Å². The quantitative estimate of drug-likeness (QED) is 0.441. The predicted molar refractivity (Wildman–Crippen MR) is 86.7 cm³/mol. The lowest BCUT2D eigenvalue weighted by atomic mass is 10.1. The number of carboxylic acid groups (broad SMARTS) is 1. The molecular formula is C15H31NO6P-. The molecule has 0 bridgehead atoms. The Labute approximate surface area is 139 Å². The number of rotatable bonds is 10. The summed E-state index contributed by atoms with van der Waals surface area (Å²) < 4.78 is 24.0. The molecule has 0 saturated heterocycles. The first-order valence-corrected chi connectivity index (χ1v) is 9.55. The van der Waals surface area contributed by atoms with Crippen molar-refractivity contribution in [2.45, 2.75) is 78.7 Å². The predicted octanol–water partition coefficient (Wildman–Crippen LogP) is 2.55. The van der Waals surface area contributed by atoms with Gasteiger partial charge in [-0.3, -0.25) is 9.40 Å². The maximum Gasteiger partial charge on any atom is 0.350 e. The SMILES string of the molecule is CCOP(=O)(OCC)C(CC)N(OC(C)(C)C(=O)[O-])C(C)(C)C. The molecule has 7 nitrogen and oxygen atoms in total. The van der Waals surface area contributed by atoms with Crippen LogP contribution in [0.4, 0.5) is 0 Å². The van der Waals surface area contributed by atoms with E-state index in [1.807, 2.05) is 27.7 Å². The van der Waals surface area contributed by atoms with Crippen LogP contribution in [0.2, 0.25) is 0 Å². The second-order valence-electron chi connectivity index (χ2n) is 6.65. The third-order valence-electron chi connectivity index (χ3n) is 3.10. The van der Waals surface area contributed by atoms with Crippen molar-refractivity contribution in [2.75, 3.05) is 13.2 Å². The van der Waals surface area contributed by atoms with Gasteiger partial charge in [0, 0.05) is 5.54 Å². The summed E-state index contributed by atoms with van der Waals surface area (Å²) in [6.07, 6.45) is 0.400. The molecular weight excluding hydrogens is 321 g/mol. The van der Waals surface area contributed by atoms with E-state index in [0.717, 1.165) is 0 Å². The third-order valence-corrected chi connectivity index (χ3v) is 5.64. The molecule has 0 N–H and O–H groups in total. The number of hydrogen-bond donors (Lipinski definition) is 0. The molecule has 1 unspecified atom stereocenters. The van der Waals surface area contributed by atoms with Crippen molar-refractivity contribution in [1.82, 2.24) is 5.06 Å². The number of carboxylic acids is 1. The molecule has 23 heavy (non-hydrogen) atoms. The molecule has 0 fully saturated rings. The van der Waals surface area contributed by atoms with E-state index in [-0.39, 0.29) is 13.2 Å². The molecule has 0 aromatic heterocycles. The van der Waals surface area contributed by atoms with E-state index in [9.17, 15) is 14.5 Å². The number of hydroxylamine groups is 2.